The Hall–Kier alpha value is -2.34. The highest BCUT2D eigenvalue weighted by Crippen LogP contribution is 2.09. The van der Waals surface area contributed by atoms with Gasteiger partial charge in [0.15, 0.2) is 0 Å². The third-order valence-electron chi connectivity index (χ3n) is 4.57. The van der Waals surface area contributed by atoms with Gasteiger partial charge >= 0.3 is 5.97 Å². The van der Waals surface area contributed by atoms with Crippen LogP contribution in [0.25, 0.3) is 0 Å². The van der Waals surface area contributed by atoms with E-state index in [2.05, 4.69) is 16.0 Å². The predicted octanol–water partition coefficient (Wildman–Crippen LogP) is -0.817. The monoisotopic (exact) mass is 475 g/mol. The highest BCUT2D eigenvalue weighted by Gasteiger charge is 2.31. The minimum absolute atomic E-state index is 0.0224. The molecule has 0 fully saturated rings. The molecule has 0 bridgehead atoms. The molecule has 184 valence electrons. The van der Waals surface area contributed by atoms with E-state index in [1.807, 2.05) is 20.1 Å². The average molecular weight is 476 g/mol. The molecular weight excluding hydrogens is 438 g/mol. The number of nitrogens with one attached hydrogen (secondary N) is 3. The number of primary amides is 1. The van der Waals surface area contributed by atoms with Crippen LogP contribution in [0.4, 0.5) is 0 Å². The largest absolute Gasteiger partial charge is 0.480 e. The number of thioether (sulfide) groups is 1. The number of amides is 4. The summed E-state index contributed by atoms with van der Waals surface area (Å²) in [6.07, 6.45) is 2.01. The van der Waals surface area contributed by atoms with Crippen molar-refractivity contribution in [1.29, 1.82) is 0 Å². The Balaban J connectivity index is 5.46. The molecule has 8 N–H and O–H groups in total. The number of hydrogen-bond donors (Lipinski definition) is 6. The second kappa shape index (κ2) is 14.7. The third kappa shape index (κ3) is 11.3. The topological polar surface area (TPSA) is 194 Å². The lowest BCUT2D eigenvalue weighted by molar-refractivity contribution is -0.143. The third-order valence-corrected chi connectivity index (χ3v) is 5.22. The first-order valence-electron chi connectivity index (χ1n) is 10.5. The lowest BCUT2D eigenvalue weighted by atomic mass is 10.0. The van der Waals surface area contributed by atoms with Crippen molar-refractivity contribution in [2.24, 2.45) is 23.3 Å². The van der Waals surface area contributed by atoms with Crippen LogP contribution in [0.1, 0.15) is 47.0 Å². The summed E-state index contributed by atoms with van der Waals surface area (Å²) in [5.41, 5.74) is 10.7. The second-order valence-electron chi connectivity index (χ2n) is 8.38. The van der Waals surface area contributed by atoms with Crippen LogP contribution in [0.15, 0.2) is 0 Å². The number of carboxylic acids is 1. The van der Waals surface area contributed by atoms with Crippen LogP contribution >= 0.6 is 11.8 Å². The number of aliphatic carboxylic acids is 1. The van der Waals surface area contributed by atoms with Crippen molar-refractivity contribution in [3.8, 4) is 0 Å². The Morgan fingerprint density at radius 1 is 0.906 bits per heavy atom. The first-order chi connectivity index (χ1) is 14.8. The van der Waals surface area contributed by atoms with Crippen LogP contribution in [-0.2, 0) is 24.0 Å². The predicted molar refractivity (Wildman–Crippen MR) is 123 cm³/mol. The zero-order valence-corrected chi connectivity index (χ0v) is 20.2. The Kier molecular flexibility index (Phi) is 13.6. The maximum atomic E-state index is 12.9. The highest BCUT2D eigenvalue weighted by atomic mass is 32.2. The summed E-state index contributed by atoms with van der Waals surface area (Å²) >= 11 is 1.47. The minimum atomic E-state index is -1.20. The van der Waals surface area contributed by atoms with Gasteiger partial charge in [-0.25, -0.2) is 4.79 Å². The summed E-state index contributed by atoms with van der Waals surface area (Å²) < 4.78 is 0. The molecule has 0 aromatic heterocycles. The van der Waals surface area contributed by atoms with Gasteiger partial charge in [-0.15, -0.1) is 0 Å². The van der Waals surface area contributed by atoms with Crippen LogP contribution in [0, 0.1) is 11.8 Å². The molecule has 0 aromatic carbocycles. The van der Waals surface area contributed by atoms with E-state index in [4.69, 9.17) is 11.5 Å². The van der Waals surface area contributed by atoms with Crippen LogP contribution in [0.5, 0.6) is 0 Å². The van der Waals surface area contributed by atoms with E-state index in [9.17, 15) is 29.1 Å². The van der Waals surface area contributed by atoms with Gasteiger partial charge in [0.25, 0.3) is 0 Å². The molecule has 12 heteroatoms. The molecule has 0 radical (unpaired) electrons. The molecule has 11 nitrogen and oxygen atoms in total. The first-order valence-corrected chi connectivity index (χ1v) is 11.9. The van der Waals surface area contributed by atoms with Crippen molar-refractivity contribution in [3.63, 3.8) is 0 Å². The molecule has 32 heavy (non-hydrogen) atoms. The number of nitrogens with two attached hydrogens (primary N) is 2. The van der Waals surface area contributed by atoms with E-state index in [1.165, 1.54) is 11.8 Å². The number of hydrogen-bond acceptors (Lipinski definition) is 7. The number of carbonyl (C=O) groups excluding carboxylic acids is 4. The van der Waals surface area contributed by atoms with E-state index < -0.39 is 53.8 Å². The average Bonchev–Trinajstić information content (AvgIpc) is 2.66. The van der Waals surface area contributed by atoms with Gasteiger partial charge in [-0.05, 0) is 36.7 Å². The highest BCUT2D eigenvalue weighted by molar-refractivity contribution is 7.98. The molecule has 0 aliphatic rings. The van der Waals surface area contributed by atoms with Gasteiger partial charge in [0.05, 0.1) is 12.5 Å². The quantitative estimate of drug-likeness (QED) is 0.177. The Bertz CT molecular complexity index is 673. The Morgan fingerprint density at radius 2 is 1.44 bits per heavy atom. The van der Waals surface area contributed by atoms with Crippen LogP contribution in [0.3, 0.4) is 0 Å². The van der Waals surface area contributed by atoms with Gasteiger partial charge in [-0.3, -0.25) is 19.2 Å². The molecule has 4 amide bonds. The van der Waals surface area contributed by atoms with E-state index in [0.29, 0.717) is 5.75 Å². The van der Waals surface area contributed by atoms with Gasteiger partial charge in [-0.1, -0.05) is 27.7 Å². The van der Waals surface area contributed by atoms with E-state index in [1.54, 1.807) is 13.8 Å². The molecule has 0 aliphatic heterocycles. The summed E-state index contributed by atoms with van der Waals surface area (Å²) in [5.74, 6) is -3.63. The van der Waals surface area contributed by atoms with E-state index in [0.717, 1.165) is 0 Å². The first kappa shape index (κ1) is 29.7. The van der Waals surface area contributed by atoms with Gasteiger partial charge in [0.2, 0.25) is 23.6 Å². The molecule has 0 spiro atoms. The maximum Gasteiger partial charge on any atom is 0.326 e. The van der Waals surface area contributed by atoms with Crippen LogP contribution in [0.2, 0.25) is 0 Å². The minimum Gasteiger partial charge on any atom is -0.480 e. The molecule has 0 aliphatic carbocycles. The van der Waals surface area contributed by atoms with Gasteiger partial charge < -0.3 is 32.5 Å². The van der Waals surface area contributed by atoms with Crippen LogP contribution < -0.4 is 27.4 Å². The standard InChI is InChI=1S/C20H37N5O6S/c1-10(2)8-14(24-17(27)12(21)9-15(22)26)19(29)23-13(6-7-32-5)18(28)25-16(11(3)4)20(30)31/h10-14,16H,6-9,21H2,1-5H3,(H2,22,26)(H,23,29)(H,24,27)(H,25,28)(H,30,31). The van der Waals surface area contributed by atoms with Crippen molar-refractivity contribution in [1.82, 2.24) is 16.0 Å². The maximum absolute atomic E-state index is 12.9. The van der Waals surface area contributed by atoms with Crippen molar-refractivity contribution >= 4 is 41.4 Å². The Labute approximate surface area is 193 Å². The molecule has 0 heterocycles. The second-order valence-corrected chi connectivity index (χ2v) is 9.36. The number of carboxylic acid groups (broad SMARTS) is 1. The summed E-state index contributed by atoms with van der Waals surface area (Å²) in [7, 11) is 0. The lowest BCUT2D eigenvalue weighted by Crippen LogP contribution is -2.58. The van der Waals surface area contributed by atoms with Gasteiger partial charge in [0, 0.05) is 0 Å². The zero-order chi connectivity index (χ0) is 25.0. The lowest BCUT2D eigenvalue weighted by Gasteiger charge is -2.26. The summed E-state index contributed by atoms with van der Waals surface area (Å²) in [6, 6.07) is -4.28. The molecule has 0 saturated carbocycles. The molecule has 0 saturated heterocycles. The Morgan fingerprint density at radius 3 is 1.88 bits per heavy atom. The summed E-state index contributed by atoms with van der Waals surface area (Å²) in [6.45, 7) is 7.04. The van der Waals surface area contributed by atoms with E-state index in [-0.39, 0.29) is 31.1 Å². The zero-order valence-electron chi connectivity index (χ0n) is 19.3. The summed E-state index contributed by atoms with van der Waals surface area (Å²) in [5, 5.41) is 16.9. The number of rotatable bonds is 15. The van der Waals surface area contributed by atoms with Crippen molar-refractivity contribution in [2.45, 2.75) is 71.1 Å². The van der Waals surface area contributed by atoms with Crippen LogP contribution in [-0.4, -0.2) is 70.9 Å². The smallest absolute Gasteiger partial charge is 0.326 e. The fourth-order valence-electron chi connectivity index (χ4n) is 2.84. The van der Waals surface area contributed by atoms with Gasteiger partial charge in [0.1, 0.15) is 18.1 Å². The molecular formula is C20H37N5O6S. The molecule has 0 aromatic rings. The molecule has 4 atom stereocenters. The van der Waals surface area contributed by atoms with Crippen molar-refractivity contribution < 1.29 is 29.1 Å². The SMILES string of the molecule is CSCCC(NC(=O)C(CC(C)C)NC(=O)C(N)CC(N)=O)C(=O)NC(C(=O)O)C(C)C. The fraction of sp³-hybridized carbons (Fsp3) is 0.750. The normalized spacial score (nSPS) is 14.9. The summed E-state index contributed by atoms with van der Waals surface area (Å²) in [4.78, 5) is 60.4. The molecule has 4 unspecified atom stereocenters. The molecule has 0 rings (SSSR count). The van der Waals surface area contributed by atoms with Crippen molar-refractivity contribution in [2.75, 3.05) is 12.0 Å². The fourth-order valence-corrected chi connectivity index (χ4v) is 3.31. The van der Waals surface area contributed by atoms with Gasteiger partial charge in [-0.2, -0.15) is 11.8 Å². The number of carbonyl (C=O) groups is 5. The van der Waals surface area contributed by atoms with Crippen molar-refractivity contribution in [3.05, 3.63) is 0 Å². The van der Waals surface area contributed by atoms with E-state index >= 15 is 0 Å².